The molecule has 0 N–H and O–H groups in total. The van der Waals surface area contributed by atoms with Gasteiger partial charge in [-0.2, -0.15) is 0 Å². The SMILES string of the molecule is O=C(OCC#CCN1CCCCC1)c1ccccc1Cl. The predicted molar refractivity (Wildman–Crippen MR) is 79.8 cm³/mol. The fourth-order valence-corrected chi connectivity index (χ4v) is 2.36. The summed E-state index contributed by atoms with van der Waals surface area (Å²) in [6, 6.07) is 6.84. The molecule has 0 saturated carbocycles. The van der Waals surface area contributed by atoms with Crippen LogP contribution in [0.1, 0.15) is 29.6 Å². The van der Waals surface area contributed by atoms with E-state index >= 15 is 0 Å². The van der Waals surface area contributed by atoms with E-state index in [1.807, 2.05) is 0 Å². The van der Waals surface area contributed by atoms with E-state index < -0.39 is 5.97 Å². The van der Waals surface area contributed by atoms with Crippen molar-refractivity contribution in [1.29, 1.82) is 0 Å². The lowest BCUT2D eigenvalue weighted by atomic mass is 10.1. The van der Waals surface area contributed by atoms with Gasteiger partial charge in [0.05, 0.1) is 17.1 Å². The molecule has 0 unspecified atom stereocenters. The summed E-state index contributed by atoms with van der Waals surface area (Å²) in [6.45, 7) is 3.10. The fourth-order valence-electron chi connectivity index (χ4n) is 2.14. The average molecular weight is 292 g/mol. The van der Waals surface area contributed by atoms with Crippen LogP contribution < -0.4 is 0 Å². The van der Waals surface area contributed by atoms with Gasteiger partial charge in [0.15, 0.2) is 6.61 Å². The monoisotopic (exact) mass is 291 g/mol. The molecule has 1 saturated heterocycles. The maximum absolute atomic E-state index is 11.7. The van der Waals surface area contributed by atoms with E-state index in [2.05, 4.69) is 16.7 Å². The Morgan fingerprint density at radius 1 is 1.20 bits per heavy atom. The van der Waals surface area contributed by atoms with Gasteiger partial charge >= 0.3 is 5.97 Å². The molecule has 3 nitrogen and oxygen atoms in total. The third kappa shape index (κ3) is 4.56. The minimum absolute atomic E-state index is 0.109. The second-order valence-corrected chi connectivity index (χ2v) is 5.15. The van der Waals surface area contributed by atoms with Gasteiger partial charge in [0.1, 0.15) is 0 Å². The molecular weight excluding hydrogens is 274 g/mol. The summed E-state index contributed by atoms with van der Waals surface area (Å²) in [5.74, 6) is 5.49. The van der Waals surface area contributed by atoms with Gasteiger partial charge in [-0.05, 0) is 38.1 Å². The van der Waals surface area contributed by atoms with Crippen LogP contribution in [0.5, 0.6) is 0 Å². The molecule has 1 aliphatic rings. The quantitative estimate of drug-likeness (QED) is 0.633. The number of hydrogen-bond donors (Lipinski definition) is 0. The largest absolute Gasteiger partial charge is 0.449 e. The Kier molecular flexibility index (Phi) is 5.91. The Balaban J connectivity index is 1.73. The molecular formula is C16H18ClNO2. The Hall–Kier alpha value is -1.50. The van der Waals surface area contributed by atoms with Crippen molar-refractivity contribution in [3.8, 4) is 11.8 Å². The van der Waals surface area contributed by atoms with Crippen LogP contribution in [0.15, 0.2) is 24.3 Å². The van der Waals surface area contributed by atoms with E-state index in [9.17, 15) is 4.79 Å². The number of hydrogen-bond acceptors (Lipinski definition) is 3. The number of carbonyl (C=O) groups is 1. The number of ether oxygens (including phenoxy) is 1. The number of likely N-dealkylation sites (tertiary alicyclic amines) is 1. The zero-order chi connectivity index (χ0) is 14.2. The van der Waals surface area contributed by atoms with Crippen LogP contribution >= 0.6 is 11.6 Å². The summed E-state index contributed by atoms with van der Waals surface area (Å²) in [6.07, 6.45) is 3.83. The first-order chi connectivity index (χ1) is 9.77. The highest BCUT2D eigenvalue weighted by Crippen LogP contribution is 2.15. The standard InChI is InChI=1S/C16H18ClNO2/c17-15-9-3-2-8-14(15)16(19)20-13-7-6-12-18-10-4-1-5-11-18/h2-3,8-9H,1,4-5,10-13H2. The fraction of sp³-hybridized carbons (Fsp3) is 0.438. The molecule has 4 heteroatoms. The minimum Gasteiger partial charge on any atom is -0.449 e. The van der Waals surface area contributed by atoms with Crippen molar-refractivity contribution in [1.82, 2.24) is 4.90 Å². The molecule has 2 rings (SSSR count). The molecule has 0 atom stereocenters. The Morgan fingerprint density at radius 2 is 1.95 bits per heavy atom. The van der Waals surface area contributed by atoms with Crippen molar-refractivity contribution in [2.45, 2.75) is 19.3 Å². The molecule has 20 heavy (non-hydrogen) atoms. The smallest absolute Gasteiger partial charge is 0.340 e. The number of benzene rings is 1. The normalized spacial score (nSPS) is 15.2. The topological polar surface area (TPSA) is 29.5 Å². The van der Waals surface area contributed by atoms with Gasteiger partial charge in [0.2, 0.25) is 0 Å². The van der Waals surface area contributed by atoms with Gasteiger partial charge in [-0.25, -0.2) is 4.79 Å². The van der Waals surface area contributed by atoms with Crippen molar-refractivity contribution in [3.63, 3.8) is 0 Å². The number of halogens is 1. The van der Waals surface area contributed by atoms with Crippen LogP contribution in [0.4, 0.5) is 0 Å². The predicted octanol–water partition coefficient (Wildman–Crippen LogP) is 2.99. The second-order valence-electron chi connectivity index (χ2n) is 4.75. The van der Waals surface area contributed by atoms with E-state index in [0.29, 0.717) is 10.6 Å². The lowest BCUT2D eigenvalue weighted by Gasteiger charge is -2.23. The van der Waals surface area contributed by atoms with Crippen molar-refractivity contribution < 1.29 is 9.53 Å². The zero-order valence-corrected chi connectivity index (χ0v) is 12.2. The molecule has 1 fully saturated rings. The first kappa shape index (κ1) is 14.9. The molecule has 1 aromatic rings. The molecule has 1 aliphatic heterocycles. The van der Waals surface area contributed by atoms with E-state index in [1.165, 1.54) is 19.3 Å². The van der Waals surface area contributed by atoms with E-state index in [-0.39, 0.29) is 6.61 Å². The van der Waals surface area contributed by atoms with Crippen LogP contribution in [0.25, 0.3) is 0 Å². The summed E-state index contributed by atoms with van der Waals surface area (Å²) in [5, 5.41) is 0.402. The summed E-state index contributed by atoms with van der Waals surface area (Å²) >= 11 is 5.92. The Bertz CT molecular complexity index is 513. The first-order valence-corrected chi connectivity index (χ1v) is 7.25. The Morgan fingerprint density at radius 3 is 2.70 bits per heavy atom. The summed E-state index contributed by atoms with van der Waals surface area (Å²) in [4.78, 5) is 14.1. The molecule has 0 bridgehead atoms. The van der Waals surface area contributed by atoms with E-state index in [0.717, 1.165) is 19.6 Å². The van der Waals surface area contributed by atoms with Crippen LogP contribution in [0.3, 0.4) is 0 Å². The number of esters is 1. The highest BCUT2D eigenvalue weighted by molar-refractivity contribution is 6.33. The average Bonchev–Trinajstić information content (AvgIpc) is 2.48. The molecule has 0 aromatic heterocycles. The van der Waals surface area contributed by atoms with E-state index in [4.69, 9.17) is 16.3 Å². The van der Waals surface area contributed by atoms with Crippen molar-refractivity contribution in [2.24, 2.45) is 0 Å². The molecule has 0 aliphatic carbocycles. The summed E-state index contributed by atoms with van der Waals surface area (Å²) in [5.41, 5.74) is 0.381. The third-order valence-electron chi connectivity index (χ3n) is 3.25. The van der Waals surface area contributed by atoms with Gasteiger partial charge < -0.3 is 4.74 Å². The summed E-state index contributed by atoms with van der Waals surface area (Å²) < 4.78 is 5.08. The lowest BCUT2D eigenvalue weighted by Crippen LogP contribution is -2.29. The highest BCUT2D eigenvalue weighted by Gasteiger charge is 2.10. The summed E-state index contributed by atoms with van der Waals surface area (Å²) in [7, 11) is 0. The number of nitrogens with zero attached hydrogens (tertiary/aromatic N) is 1. The Labute approximate surface area is 124 Å². The van der Waals surface area contributed by atoms with Gasteiger partial charge in [0.25, 0.3) is 0 Å². The minimum atomic E-state index is -0.428. The van der Waals surface area contributed by atoms with Crippen LogP contribution in [0, 0.1) is 11.8 Å². The maximum atomic E-state index is 11.7. The van der Waals surface area contributed by atoms with Crippen LogP contribution in [-0.4, -0.2) is 37.1 Å². The van der Waals surface area contributed by atoms with E-state index in [1.54, 1.807) is 24.3 Å². The third-order valence-corrected chi connectivity index (χ3v) is 3.58. The second kappa shape index (κ2) is 7.94. The molecule has 106 valence electrons. The van der Waals surface area contributed by atoms with Crippen LogP contribution in [-0.2, 0) is 4.74 Å². The van der Waals surface area contributed by atoms with Crippen molar-refractivity contribution in [3.05, 3.63) is 34.9 Å². The van der Waals surface area contributed by atoms with Crippen molar-refractivity contribution >= 4 is 17.6 Å². The maximum Gasteiger partial charge on any atom is 0.340 e. The zero-order valence-electron chi connectivity index (χ0n) is 11.4. The van der Waals surface area contributed by atoms with Crippen LogP contribution in [0.2, 0.25) is 5.02 Å². The number of piperidine rings is 1. The molecule has 0 amide bonds. The molecule has 1 heterocycles. The van der Waals surface area contributed by atoms with Gasteiger partial charge in [-0.1, -0.05) is 42.0 Å². The first-order valence-electron chi connectivity index (χ1n) is 6.87. The lowest BCUT2D eigenvalue weighted by molar-refractivity contribution is 0.0557. The van der Waals surface area contributed by atoms with Gasteiger partial charge in [-0.15, -0.1) is 0 Å². The molecule has 0 spiro atoms. The van der Waals surface area contributed by atoms with Gasteiger partial charge in [0, 0.05) is 0 Å². The molecule has 1 aromatic carbocycles. The van der Waals surface area contributed by atoms with Gasteiger partial charge in [-0.3, -0.25) is 4.90 Å². The molecule has 0 radical (unpaired) electrons. The number of carbonyl (C=O) groups excluding carboxylic acids is 1. The highest BCUT2D eigenvalue weighted by atomic mass is 35.5. The number of rotatable bonds is 3. The van der Waals surface area contributed by atoms with Crippen molar-refractivity contribution in [2.75, 3.05) is 26.2 Å².